The van der Waals surface area contributed by atoms with Crippen molar-refractivity contribution < 1.29 is 9.47 Å². The molecule has 3 rings (SSSR count). The van der Waals surface area contributed by atoms with E-state index in [9.17, 15) is 0 Å². The molecular formula is C14H18BrNO2. The summed E-state index contributed by atoms with van der Waals surface area (Å²) in [5.41, 5.74) is 1.30. The third kappa shape index (κ3) is 2.62. The molecule has 2 aliphatic heterocycles. The summed E-state index contributed by atoms with van der Waals surface area (Å²) in [5.74, 6) is -0.346. The summed E-state index contributed by atoms with van der Waals surface area (Å²) in [6, 6.07) is 8.81. The fraction of sp³-hybridized carbons (Fsp3) is 0.571. The van der Waals surface area contributed by atoms with Crippen LogP contribution in [0, 0.1) is 0 Å². The third-order valence-electron chi connectivity index (χ3n) is 3.70. The minimum Gasteiger partial charge on any atom is -0.350 e. The number of hydrogen-bond acceptors (Lipinski definition) is 3. The molecule has 1 N–H and O–H groups in total. The van der Waals surface area contributed by atoms with E-state index >= 15 is 0 Å². The summed E-state index contributed by atoms with van der Waals surface area (Å²) in [7, 11) is 0. The normalized spacial score (nSPS) is 27.3. The van der Waals surface area contributed by atoms with Crippen LogP contribution in [0.3, 0.4) is 0 Å². The van der Waals surface area contributed by atoms with E-state index in [1.807, 2.05) is 0 Å². The number of rotatable bonds is 1. The fourth-order valence-electron chi connectivity index (χ4n) is 2.73. The second-order valence-electron chi connectivity index (χ2n) is 4.97. The molecule has 1 spiro atoms. The molecule has 4 heteroatoms. The number of benzene rings is 1. The smallest absolute Gasteiger partial charge is 0.171 e. The van der Waals surface area contributed by atoms with Gasteiger partial charge in [-0.2, -0.15) is 0 Å². The maximum atomic E-state index is 5.91. The van der Waals surface area contributed by atoms with Crippen LogP contribution in [0.25, 0.3) is 0 Å². The van der Waals surface area contributed by atoms with Crippen LogP contribution in [0.1, 0.15) is 30.9 Å². The fourth-order valence-corrected chi connectivity index (χ4v) is 3.00. The van der Waals surface area contributed by atoms with Crippen molar-refractivity contribution >= 4 is 15.9 Å². The first-order chi connectivity index (χ1) is 8.77. The first-order valence-corrected chi connectivity index (χ1v) is 7.34. The van der Waals surface area contributed by atoms with Crippen molar-refractivity contribution in [3.63, 3.8) is 0 Å². The molecule has 0 amide bonds. The van der Waals surface area contributed by atoms with Crippen LogP contribution >= 0.6 is 15.9 Å². The zero-order chi connectivity index (χ0) is 12.4. The lowest BCUT2D eigenvalue weighted by atomic mass is 9.92. The van der Waals surface area contributed by atoms with E-state index in [0.29, 0.717) is 6.04 Å². The van der Waals surface area contributed by atoms with Crippen LogP contribution in [-0.4, -0.2) is 25.5 Å². The highest BCUT2D eigenvalue weighted by molar-refractivity contribution is 9.10. The average molecular weight is 312 g/mol. The topological polar surface area (TPSA) is 30.5 Å². The van der Waals surface area contributed by atoms with Crippen molar-refractivity contribution in [1.29, 1.82) is 0 Å². The van der Waals surface area contributed by atoms with Crippen LogP contribution in [0.5, 0.6) is 0 Å². The standard InChI is InChI=1S/C14H18BrNO2/c15-12-4-2-11(3-5-12)13-10-14(6-7-16-13)17-8-1-9-18-14/h2-5,13,16H,1,6-10H2. The molecule has 0 aromatic heterocycles. The highest BCUT2D eigenvalue weighted by atomic mass is 79.9. The van der Waals surface area contributed by atoms with Gasteiger partial charge in [0.2, 0.25) is 0 Å². The van der Waals surface area contributed by atoms with Gasteiger partial charge in [0, 0.05) is 29.9 Å². The van der Waals surface area contributed by atoms with Gasteiger partial charge in [-0.25, -0.2) is 0 Å². The molecule has 2 aliphatic rings. The lowest BCUT2D eigenvalue weighted by Gasteiger charge is -2.43. The summed E-state index contributed by atoms with van der Waals surface area (Å²) >= 11 is 3.47. The number of hydrogen-bond donors (Lipinski definition) is 1. The van der Waals surface area contributed by atoms with Crippen molar-refractivity contribution in [2.75, 3.05) is 19.8 Å². The van der Waals surface area contributed by atoms with Crippen molar-refractivity contribution in [2.24, 2.45) is 0 Å². The van der Waals surface area contributed by atoms with Crippen LogP contribution in [0.4, 0.5) is 0 Å². The highest BCUT2D eigenvalue weighted by Gasteiger charge is 2.40. The van der Waals surface area contributed by atoms with Gasteiger partial charge in [-0.15, -0.1) is 0 Å². The molecule has 18 heavy (non-hydrogen) atoms. The Kier molecular flexibility index (Phi) is 3.71. The van der Waals surface area contributed by atoms with Crippen LogP contribution in [0.15, 0.2) is 28.7 Å². The summed E-state index contributed by atoms with van der Waals surface area (Å²) in [5, 5.41) is 3.55. The quantitative estimate of drug-likeness (QED) is 0.865. The van der Waals surface area contributed by atoms with Gasteiger partial charge in [-0.05, 0) is 24.1 Å². The Morgan fingerprint density at radius 3 is 2.61 bits per heavy atom. The maximum absolute atomic E-state index is 5.91. The predicted octanol–water partition coefficient (Wildman–Crippen LogP) is 3.01. The van der Waals surface area contributed by atoms with Crippen LogP contribution in [-0.2, 0) is 9.47 Å². The molecule has 0 bridgehead atoms. The van der Waals surface area contributed by atoms with E-state index in [1.54, 1.807) is 0 Å². The third-order valence-corrected chi connectivity index (χ3v) is 4.23. The molecule has 98 valence electrons. The molecule has 2 heterocycles. The Balaban J connectivity index is 1.75. The minimum absolute atomic E-state index is 0.324. The number of nitrogens with one attached hydrogen (secondary N) is 1. The van der Waals surface area contributed by atoms with E-state index in [0.717, 1.165) is 43.5 Å². The molecule has 1 atom stereocenters. The van der Waals surface area contributed by atoms with Crippen LogP contribution in [0.2, 0.25) is 0 Å². The van der Waals surface area contributed by atoms with E-state index in [4.69, 9.17) is 9.47 Å². The monoisotopic (exact) mass is 311 g/mol. The zero-order valence-corrected chi connectivity index (χ0v) is 11.9. The number of ether oxygens (including phenoxy) is 2. The first-order valence-electron chi connectivity index (χ1n) is 6.54. The van der Waals surface area contributed by atoms with Crippen molar-refractivity contribution in [2.45, 2.75) is 31.1 Å². The summed E-state index contributed by atoms with van der Waals surface area (Å²) in [4.78, 5) is 0. The number of halogens is 1. The number of piperidine rings is 1. The van der Waals surface area contributed by atoms with E-state index in [-0.39, 0.29) is 5.79 Å². The Morgan fingerprint density at radius 1 is 1.17 bits per heavy atom. The highest BCUT2D eigenvalue weighted by Crippen LogP contribution is 2.36. The molecule has 1 aromatic rings. The maximum Gasteiger partial charge on any atom is 0.171 e. The lowest BCUT2D eigenvalue weighted by molar-refractivity contribution is -0.281. The van der Waals surface area contributed by atoms with Gasteiger partial charge in [0.1, 0.15) is 0 Å². The zero-order valence-electron chi connectivity index (χ0n) is 10.3. The van der Waals surface area contributed by atoms with Gasteiger partial charge in [0.05, 0.1) is 13.2 Å². The molecule has 0 aliphatic carbocycles. The molecule has 0 saturated carbocycles. The van der Waals surface area contributed by atoms with Gasteiger partial charge in [-0.3, -0.25) is 0 Å². The molecule has 2 saturated heterocycles. The molecular weight excluding hydrogens is 294 g/mol. The molecule has 1 aromatic carbocycles. The Hall–Kier alpha value is -0.420. The summed E-state index contributed by atoms with van der Waals surface area (Å²) < 4.78 is 12.9. The van der Waals surface area contributed by atoms with Crippen LogP contribution < -0.4 is 5.32 Å². The minimum atomic E-state index is -0.346. The largest absolute Gasteiger partial charge is 0.350 e. The molecule has 0 radical (unpaired) electrons. The molecule has 1 unspecified atom stereocenters. The second-order valence-corrected chi connectivity index (χ2v) is 5.89. The van der Waals surface area contributed by atoms with Crippen molar-refractivity contribution in [1.82, 2.24) is 5.32 Å². The predicted molar refractivity (Wildman–Crippen MR) is 73.4 cm³/mol. The van der Waals surface area contributed by atoms with E-state index in [1.165, 1.54) is 5.56 Å². The second kappa shape index (κ2) is 5.29. The average Bonchev–Trinajstić information content (AvgIpc) is 2.40. The van der Waals surface area contributed by atoms with Crippen molar-refractivity contribution in [3.05, 3.63) is 34.3 Å². The van der Waals surface area contributed by atoms with Gasteiger partial charge in [-0.1, -0.05) is 28.1 Å². The van der Waals surface area contributed by atoms with Gasteiger partial charge in [0.15, 0.2) is 5.79 Å². The lowest BCUT2D eigenvalue weighted by Crippen LogP contribution is -2.49. The first kappa shape index (κ1) is 12.6. The van der Waals surface area contributed by atoms with Gasteiger partial charge < -0.3 is 14.8 Å². The molecule has 2 fully saturated rings. The van der Waals surface area contributed by atoms with Gasteiger partial charge in [0.25, 0.3) is 0 Å². The SMILES string of the molecule is Brc1ccc(C2CC3(CCN2)OCCCO3)cc1. The van der Waals surface area contributed by atoms with Gasteiger partial charge >= 0.3 is 0 Å². The Labute approximate surface area is 116 Å². The summed E-state index contributed by atoms with van der Waals surface area (Å²) in [6.07, 6.45) is 2.85. The Morgan fingerprint density at radius 2 is 1.89 bits per heavy atom. The Bertz CT molecular complexity index is 395. The van der Waals surface area contributed by atoms with E-state index in [2.05, 4.69) is 45.5 Å². The van der Waals surface area contributed by atoms with Crippen molar-refractivity contribution in [3.8, 4) is 0 Å². The summed E-state index contributed by atoms with van der Waals surface area (Å²) in [6.45, 7) is 2.60. The van der Waals surface area contributed by atoms with E-state index < -0.39 is 0 Å². The molecule has 3 nitrogen and oxygen atoms in total.